The van der Waals surface area contributed by atoms with Gasteiger partial charge in [-0.05, 0) is 0 Å². The first-order valence-electron chi connectivity index (χ1n) is 2.16. The van der Waals surface area contributed by atoms with E-state index in [9.17, 15) is 4.79 Å². The highest BCUT2D eigenvalue weighted by Gasteiger charge is 2.04. The lowest BCUT2D eigenvalue weighted by molar-refractivity contribution is 0.0981. The number of aromatic nitrogens is 1. The van der Waals surface area contributed by atoms with E-state index in [-0.39, 0.29) is 5.91 Å². The molecule has 1 amide bonds. The number of halogens is 1. The first kappa shape index (κ1) is 6.53. The van der Waals surface area contributed by atoms with Crippen LogP contribution in [0.4, 0.5) is 0 Å². The van der Waals surface area contributed by atoms with E-state index < -0.39 is 0 Å². The average molecular weight is 238 g/mol. The number of rotatable bonds is 1. The van der Waals surface area contributed by atoms with Crippen LogP contribution in [0.25, 0.3) is 0 Å². The lowest BCUT2D eigenvalue weighted by atomic mass is 10.4. The zero-order chi connectivity index (χ0) is 6.69. The second-order valence-electron chi connectivity index (χ2n) is 1.31. The number of carbonyl (C=O) groups is 1. The van der Waals surface area contributed by atoms with Crippen LogP contribution in [0, 0.1) is 0 Å². The number of hydrogen-bond donors (Lipinski definition) is 1. The van der Waals surface area contributed by atoms with Crippen LogP contribution in [-0.2, 0) is 0 Å². The van der Waals surface area contributed by atoms with Crippen molar-refractivity contribution < 1.29 is 9.32 Å². The van der Waals surface area contributed by atoms with E-state index in [1.54, 1.807) is 22.9 Å². The molecule has 0 aliphatic rings. The van der Waals surface area contributed by atoms with Crippen LogP contribution in [-0.4, -0.2) is 11.1 Å². The summed E-state index contributed by atoms with van der Waals surface area (Å²) in [5.41, 5.74) is 0.296. The highest BCUT2D eigenvalue weighted by Crippen LogP contribution is 1.93. The summed E-state index contributed by atoms with van der Waals surface area (Å²) in [6.07, 6.45) is 1.35. The van der Waals surface area contributed by atoms with Gasteiger partial charge in [0.05, 0.1) is 22.9 Å². The predicted molar refractivity (Wildman–Crippen MR) is 38.0 cm³/mol. The molecule has 0 aromatic carbocycles. The van der Waals surface area contributed by atoms with E-state index in [1.807, 2.05) is 0 Å². The molecule has 0 saturated heterocycles. The fourth-order valence-corrected chi connectivity index (χ4v) is 0.654. The van der Waals surface area contributed by atoms with Gasteiger partial charge in [0, 0.05) is 6.07 Å². The maximum absolute atomic E-state index is 10.6. The average Bonchev–Trinajstić information content (AvgIpc) is 2.37. The van der Waals surface area contributed by atoms with Gasteiger partial charge in [-0.2, -0.15) is 0 Å². The van der Waals surface area contributed by atoms with E-state index in [0.717, 1.165) is 0 Å². The Morgan fingerprint density at radius 3 is 3.11 bits per heavy atom. The Morgan fingerprint density at radius 2 is 2.67 bits per heavy atom. The summed E-state index contributed by atoms with van der Waals surface area (Å²) in [6, 6.07) is 1.49. The largest absolute Gasteiger partial charge is 0.364 e. The molecule has 9 heavy (non-hydrogen) atoms. The van der Waals surface area contributed by atoms with E-state index >= 15 is 0 Å². The minimum Gasteiger partial charge on any atom is -0.364 e. The van der Waals surface area contributed by atoms with Crippen molar-refractivity contribution in [2.75, 3.05) is 0 Å². The van der Waals surface area contributed by atoms with Crippen LogP contribution >= 0.6 is 22.9 Å². The third-order valence-corrected chi connectivity index (χ3v) is 1.25. The lowest BCUT2D eigenvalue weighted by Crippen LogP contribution is -2.11. The molecule has 0 radical (unpaired) electrons. The third kappa shape index (κ3) is 1.41. The molecule has 0 saturated carbocycles. The van der Waals surface area contributed by atoms with E-state index in [1.165, 1.54) is 12.3 Å². The van der Waals surface area contributed by atoms with Crippen LogP contribution in [0.2, 0.25) is 0 Å². The van der Waals surface area contributed by atoms with Crippen molar-refractivity contribution in [3.8, 4) is 0 Å². The van der Waals surface area contributed by atoms with Crippen molar-refractivity contribution in [2.24, 2.45) is 0 Å². The zero-order valence-electron chi connectivity index (χ0n) is 4.30. The van der Waals surface area contributed by atoms with Crippen LogP contribution in [0.3, 0.4) is 0 Å². The highest BCUT2D eigenvalue weighted by molar-refractivity contribution is 14.1. The molecule has 0 aliphatic heterocycles. The minimum atomic E-state index is -0.246. The Morgan fingerprint density at radius 1 is 1.89 bits per heavy atom. The van der Waals surface area contributed by atoms with Gasteiger partial charge in [-0.3, -0.25) is 8.32 Å². The predicted octanol–water partition coefficient (Wildman–Crippen LogP) is 0.754. The first-order chi connectivity index (χ1) is 4.34. The molecule has 1 aromatic heterocycles. The monoisotopic (exact) mass is 238 g/mol. The van der Waals surface area contributed by atoms with Crippen molar-refractivity contribution >= 4 is 28.8 Å². The quantitative estimate of drug-likeness (QED) is 0.580. The summed E-state index contributed by atoms with van der Waals surface area (Å²) in [7, 11) is 0. The minimum absolute atomic E-state index is 0.246. The molecule has 48 valence electrons. The molecule has 5 heteroatoms. The smallest absolute Gasteiger partial charge is 0.282 e. The summed E-state index contributed by atoms with van der Waals surface area (Å²) in [5, 5.41) is 3.40. The molecule has 0 spiro atoms. The standard InChI is InChI=1S/C4H3IN2O2/c5-6-4(8)3-1-2-9-7-3/h1-2H,(H,6,8). The molecule has 1 rings (SSSR count). The second kappa shape index (κ2) is 2.81. The Bertz CT molecular complexity index is 196. The Hall–Kier alpha value is -0.590. The Balaban J connectivity index is 2.77. The van der Waals surface area contributed by atoms with Gasteiger partial charge in [-0.25, -0.2) is 0 Å². The molecular weight excluding hydrogens is 235 g/mol. The molecule has 1 heterocycles. The highest BCUT2D eigenvalue weighted by atomic mass is 127. The first-order valence-corrected chi connectivity index (χ1v) is 3.24. The zero-order valence-corrected chi connectivity index (χ0v) is 6.45. The van der Waals surface area contributed by atoms with Gasteiger partial charge in [-0.1, -0.05) is 5.16 Å². The number of hydrogen-bond acceptors (Lipinski definition) is 3. The molecule has 0 aliphatic carbocycles. The fourth-order valence-electron chi connectivity index (χ4n) is 0.378. The summed E-state index contributed by atoms with van der Waals surface area (Å²) < 4.78 is 6.80. The molecule has 4 nitrogen and oxygen atoms in total. The number of amides is 1. The van der Waals surface area contributed by atoms with Gasteiger partial charge in [0.25, 0.3) is 5.91 Å². The molecule has 1 aromatic rings. The number of nitrogens with one attached hydrogen (secondary N) is 1. The van der Waals surface area contributed by atoms with Crippen LogP contribution in [0.1, 0.15) is 10.5 Å². The maximum Gasteiger partial charge on any atom is 0.282 e. The van der Waals surface area contributed by atoms with Crippen LogP contribution in [0.15, 0.2) is 16.9 Å². The summed E-state index contributed by atoms with van der Waals surface area (Å²) in [6.45, 7) is 0. The summed E-state index contributed by atoms with van der Waals surface area (Å²) in [5.74, 6) is -0.246. The molecule has 0 fully saturated rings. The van der Waals surface area contributed by atoms with Crippen LogP contribution < -0.4 is 3.53 Å². The van der Waals surface area contributed by atoms with E-state index in [2.05, 4.69) is 13.2 Å². The van der Waals surface area contributed by atoms with Gasteiger partial charge in [0.2, 0.25) is 0 Å². The Kier molecular flexibility index (Phi) is 2.04. The number of nitrogens with zero attached hydrogens (tertiary/aromatic N) is 1. The van der Waals surface area contributed by atoms with Gasteiger partial charge in [0.1, 0.15) is 6.26 Å². The summed E-state index contributed by atoms with van der Waals surface area (Å²) in [4.78, 5) is 10.6. The molecular formula is C4H3IN2O2. The normalized spacial score (nSPS) is 9.00. The summed E-state index contributed by atoms with van der Waals surface area (Å²) >= 11 is 1.73. The second-order valence-corrected chi connectivity index (χ2v) is 1.85. The van der Waals surface area contributed by atoms with Crippen LogP contribution in [0.5, 0.6) is 0 Å². The van der Waals surface area contributed by atoms with Gasteiger partial charge in [0.15, 0.2) is 5.69 Å². The van der Waals surface area contributed by atoms with Crippen molar-refractivity contribution in [1.29, 1.82) is 0 Å². The Labute approximate surface area is 65.1 Å². The lowest BCUT2D eigenvalue weighted by Gasteiger charge is -1.85. The van der Waals surface area contributed by atoms with E-state index in [4.69, 9.17) is 0 Å². The molecule has 0 bridgehead atoms. The van der Waals surface area contributed by atoms with Crippen molar-refractivity contribution in [3.05, 3.63) is 18.0 Å². The van der Waals surface area contributed by atoms with Gasteiger partial charge >= 0.3 is 0 Å². The third-order valence-electron chi connectivity index (χ3n) is 0.756. The molecule has 1 N–H and O–H groups in total. The maximum atomic E-state index is 10.6. The number of carbonyl (C=O) groups excluding carboxylic acids is 1. The van der Waals surface area contributed by atoms with Crippen molar-refractivity contribution in [3.63, 3.8) is 0 Å². The topological polar surface area (TPSA) is 55.1 Å². The molecule has 0 unspecified atom stereocenters. The fraction of sp³-hybridized carbons (Fsp3) is 0. The SMILES string of the molecule is O=C(NI)c1ccon1. The van der Waals surface area contributed by atoms with Crippen molar-refractivity contribution in [2.45, 2.75) is 0 Å². The molecule has 0 atom stereocenters. The van der Waals surface area contributed by atoms with Crippen molar-refractivity contribution in [1.82, 2.24) is 8.69 Å². The van der Waals surface area contributed by atoms with E-state index in [0.29, 0.717) is 5.69 Å². The van der Waals surface area contributed by atoms with Gasteiger partial charge < -0.3 is 4.52 Å². The van der Waals surface area contributed by atoms with Gasteiger partial charge in [-0.15, -0.1) is 0 Å².